The summed E-state index contributed by atoms with van der Waals surface area (Å²) in [5.74, 6) is -1.66. The normalized spacial score (nSPS) is 13.8. The maximum absolute atomic E-state index is 15.0. The largest absolute Gasteiger partial charge is 0.497 e. The third-order valence-electron chi connectivity index (χ3n) is 7.33. The van der Waals surface area contributed by atoms with Gasteiger partial charge in [0.05, 0.1) is 29.6 Å². The fourth-order valence-electron chi connectivity index (χ4n) is 5.04. The summed E-state index contributed by atoms with van der Waals surface area (Å²) in [6, 6.07) is 15.9. The highest BCUT2D eigenvalue weighted by molar-refractivity contribution is 5.98. The Balaban J connectivity index is 1.39. The van der Waals surface area contributed by atoms with Gasteiger partial charge in [0, 0.05) is 43.5 Å². The Labute approximate surface area is 238 Å². The van der Waals surface area contributed by atoms with E-state index in [0.29, 0.717) is 28.3 Å². The molecule has 0 saturated carbocycles. The predicted molar refractivity (Wildman–Crippen MR) is 146 cm³/mol. The van der Waals surface area contributed by atoms with Gasteiger partial charge < -0.3 is 19.1 Å². The van der Waals surface area contributed by atoms with Crippen molar-refractivity contribution in [3.8, 4) is 22.7 Å². The minimum absolute atomic E-state index is 0.0747. The van der Waals surface area contributed by atoms with Gasteiger partial charge in [-0.05, 0) is 79.2 Å². The highest BCUT2D eigenvalue weighted by Crippen LogP contribution is 2.33. The van der Waals surface area contributed by atoms with Crippen LogP contribution in [-0.4, -0.2) is 59.5 Å². The fraction of sp³-hybridized carbons (Fsp3) is 0.226. The molecule has 1 saturated heterocycles. The molecule has 3 aromatic carbocycles. The zero-order valence-corrected chi connectivity index (χ0v) is 22.7. The van der Waals surface area contributed by atoms with Crippen LogP contribution in [0.5, 0.6) is 5.75 Å². The molecule has 1 aliphatic rings. The molecule has 2 amide bonds. The summed E-state index contributed by atoms with van der Waals surface area (Å²) in [4.78, 5) is 29.6. The van der Waals surface area contributed by atoms with Crippen LogP contribution in [0.25, 0.3) is 16.9 Å². The molecule has 0 N–H and O–H groups in total. The number of hydrogen-bond acceptors (Lipinski definition) is 3. The summed E-state index contributed by atoms with van der Waals surface area (Å²) in [5, 5.41) is 0. The van der Waals surface area contributed by atoms with E-state index >= 15 is 0 Å². The first-order valence-electron chi connectivity index (χ1n) is 13.1. The number of nitrogens with zero attached hydrogens (tertiary/aromatic N) is 3. The van der Waals surface area contributed by atoms with Crippen LogP contribution in [0.2, 0.25) is 0 Å². The average Bonchev–Trinajstić information content (AvgIpc) is 3.32. The summed E-state index contributed by atoms with van der Waals surface area (Å²) in [6.45, 7) is 2.43. The molecule has 1 aromatic heterocycles. The van der Waals surface area contributed by atoms with E-state index in [4.69, 9.17) is 4.74 Å². The molecule has 0 radical (unpaired) electrons. The summed E-state index contributed by atoms with van der Waals surface area (Å²) in [6.07, 6.45) is -4.50. The molecule has 1 aliphatic heterocycles. The van der Waals surface area contributed by atoms with Crippen molar-refractivity contribution in [2.24, 2.45) is 0 Å². The number of ether oxygens (including phenoxy) is 1. The van der Waals surface area contributed by atoms with Gasteiger partial charge in [-0.1, -0.05) is 0 Å². The number of benzene rings is 3. The highest BCUT2D eigenvalue weighted by Gasteiger charge is 2.32. The number of alkyl halides is 3. The zero-order chi connectivity index (χ0) is 30.2. The molecular weight excluding hydrogens is 557 g/mol. The molecule has 42 heavy (non-hydrogen) atoms. The van der Waals surface area contributed by atoms with Crippen molar-refractivity contribution in [3.63, 3.8) is 0 Å². The highest BCUT2D eigenvalue weighted by atomic mass is 19.4. The number of rotatable bonds is 5. The molecule has 0 aliphatic carbocycles. The van der Waals surface area contributed by atoms with Gasteiger partial charge in [-0.3, -0.25) is 9.59 Å². The van der Waals surface area contributed by atoms with Crippen LogP contribution in [0.1, 0.15) is 32.0 Å². The second-order valence-corrected chi connectivity index (χ2v) is 9.85. The lowest BCUT2D eigenvalue weighted by atomic mass is 10.1. The van der Waals surface area contributed by atoms with Crippen LogP contribution in [-0.2, 0) is 6.18 Å². The molecule has 2 heterocycles. The van der Waals surface area contributed by atoms with Crippen molar-refractivity contribution < 1.29 is 36.3 Å². The Hall–Kier alpha value is -4.67. The monoisotopic (exact) mass is 583 g/mol. The third kappa shape index (κ3) is 5.59. The Morgan fingerprint density at radius 2 is 1.38 bits per heavy atom. The van der Waals surface area contributed by atoms with Crippen LogP contribution in [0.15, 0.2) is 72.8 Å². The standard InChI is InChI=1S/C31H26F5N3O3/c1-19-25(18-28(20-5-10-24(42-2)11-6-20)39(19)27-12-9-23(32)17-26(27)33)30(41)38-15-13-37(14-16-38)29(40)21-3-7-22(8-4-21)31(34,35)36/h3-12,17-18H,13-16H2,1-2H3. The summed E-state index contributed by atoms with van der Waals surface area (Å²) in [5.41, 5.74) is 1.30. The Kier molecular flexibility index (Phi) is 7.77. The summed E-state index contributed by atoms with van der Waals surface area (Å²) < 4.78 is 74.1. The van der Waals surface area contributed by atoms with Gasteiger partial charge in [0.25, 0.3) is 11.8 Å². The second kappa shape index (κ2) is 11.3. The molecule has 218 valence electrons. The number of piperazine rings is 1. The van der Waals surface area contributed by atoms with E-state index < -0.39 is 29.3 Å². The Bertz CT molecular complexity index is 1620. The smallest absolute Gasteiger partial charge is 0.416 e. The lowest BCUT2D eigenvalue weighted by molar-refractivity contribution is -0.137. The number of aromatic nitrogens is 1. The van der Waals surface area contributed by atoms with Crippen LogP contribution >= 0.6 is 0 Å². The lowest BCUT2D eigenvalue weighted by Crippen LogP contribution is -2.50. The molecule has 0 atom stereocenters. The molecule has 0 unspecified atom stereocenters. The van der Waals surface area contributed by atoms with Gasteiger partial charge in [0.2, 0.25) is 0 Å². The molecule has 0 bridgehead atoms. The number of carbonyl (C=O) groups excluding carboxylic acids is 2. The number of methoxy groups -OCH3 is 1. The van der Waals surface area contributed by atoms with E-state index in [-0.39, 0.29) is 43.3 Å². The molecule has 6 nitrogen and oxygen atoms in total. The minimum Gasteiger partial charge on any atom is -0.497 e. The van der Waals surface area contributed by atoms with Gasteiger partial charge in [-0.25, -0.2) is 8.78 Å². The number of carbonyl (C=O) groups is 2. The molecule has 11 heteroatoms. The van der Waals surface area contributed by atoms with Crippen molar-refractivity contribution >= 4 is 11.8 Å². The average molecular weight is 584 g/mol. The number of halogens is 5. The zero-order valence-electron chi connectivity index (χ0n) is 22.7. The molecule has 1 fully saturated rings. The van der Waals surface area contributed by atoms with E-state index in [0.717, 1.165) is 36.4 Å². The minimum atomic E-state index is -4.50. The Morgan fingerprint density at radius 3 is 1.93 bits per heavy atom. The van der Waals surface area contributed by atoms with Gasteiger partial charge in [0.1, 0.15) is 17.4 Å². The predicted octanol–water partition coefficient (Wildman–Crippen LogP) is 6.36. The quantitative estimate of drug-likeness (QED) is 0.257. The van der Waals surface area contributed by atoms with E-state index in [1.165, 1.54) is 18.1 Å². The number of hydrogen-bond donors (Lipinski definition) is 0. The van der Waals surface area contributed by atoms with E-state index in [1.54, 1.807) is 46.7 Å². The second-order valence-electron chi connectivity index (χ2n) is 9.85. The van der Waals surface area contributed by atoms with Gasteiger partial charge in [-0.15, -0.1) is 0 Å². The van der Waals surface area contributed by atoms with Crippen molar-refractivity contribution in [3.05, 3.63) is 107 Å². The first kappa shape index (κ1) is 28.8. The number of amides is 2. The van der Waals surface area contributed by atoms with Crippen molar-refractivity contribution in [1.82, 2.24) is 14.4 Å². The van der Waals surface area contributed by atoms with Crippen LogP contribution < -0.4 is 4.74 Å². The molecule has 5 rings (SSSR count). The van der Waals surface area contributed by atoms with E-state index in [1.807, 2.05) is 0 Å². The van der Waals surface area contributed by atoms with Crippen molar-refractivity contribution in [2.45, 2.75) is 13.1 Å². The van der Waals surface area contributed by atoms with Crippen LogP contribution in [0, 0.1) is 18.6 Å². The van der Waals surface area contributed by atoms with Gasteiger partial charge in [0.15, 0.2) is 0 Å². The third-order valence-corrected chi connectivity index (χ3v) is 7.33. The fourth-order valence-corrected chi connectivity index (χ4v) is 5.04. The van der Waals surface area contributed by atoms with Crippen LogP contribution in [0.4, 0.5) is 22.0 Å². The lowest BCUT2D eigenvalue weighted by Gasteiger charge is -2.35. The molecular formula is C31H26F5N3O3. The van der Waals surface area contributed by atoms with Crippen LogP contribution in [0.3, 0.4) is 0 Å². The molecule has 4 aromatic rings. The van der Waals surface area contributed by atoms with Gasteiger partial charge in [-0.2, -0.15) is 13.2 Å². The summed E-state index contributed by atoms with van der Waals surface area (Å²) in [7, 11) is 1.53. The van der Waals surface area contributed by atoms with Crippen molar-refractivity contribution in [1.29, 1.82) is 0 Å². The first-order chi connectivity index (χ1) is 20.0. The maximum Gasteiger partial charge on any atom is 0.416 e. The molecule has 0 spiro atoms. The van der Waals surface area contributed by atoms with E-state index in [9.17, 15) is 31.5 Å². The maximum atomic E-state index is 15.0. The van der Waals surface area contributed by atoms with Gasteiger partial charge >= 0.3 is 6.18 Å². The van der Waals surface area contributed by atoms with E-state index in [2.05, 4.69) is 0 Å². The summed E-state index contributed by atoms with van der Waals surface area (Å²) >= 11 is 0. The first-order valence-corrected chi connectivity index (χ1v) is 13.1. The SMILES string of the molecule is COc1ccc(-c2cc(C(=O)N3CCN(C(=O)c4ccc(C(F)(F)F)cc4)CC3)c(C)n2-c2ccc(F)cc2F)cc1. The topological polar surface area (TPSA) is 54.8 Å². The van der Waals surface area contributed by atoms with Crippen molar-refractivity contribution in [2.75, 3.05) is 33.3 Å². The Morgan fingerprint density at radius 1 is 0.786 bits per heavy atom.